The Morgan fingerprint density at radius 2 is 1.75 bits per heavy atom. The molecule has 0 aliphatic carbocycles. The molecule has 1 aromatic heterocycles. The molecule has 154 valence electrons. The van der Waals surface area contributed by atoms with Crippen molar-refractivity contribution in [2.45, 2.75) is 85.5 Å². The standard InChI is InChI=1S/C22H34N4O2/c1-6-11-21(27)23-14-20-24-18-12-9-10-13-19(18)25(20)15-22(28)26(16(4)7-2)17(5)8-3/h9-10,12-13,16-17H,6-8,11,14-15H2,1-5H3,(H,23,27). The fraction of sp³-hybridized carbons (Fsp3) is 0.591. The molecule has 6 nitrogen and oxygen atoms in total. The molecule has 0 aliphatic heterocycles. The number of fused-ring (bicyclic) bond motifs is 1. The summed E-state index contributed by atoms with van der Waals surface area (Å²) in [4.78, 5) is 31.8. The van der Waals surface area contributed by atoms with Crippen LogP contribution in [0.2, 0.25) is 0 Å². The Balaban J connectivity index is 2.31. The Hall–Kier alpha value is -2.37. The smallest absolute Gasteiger partial charge is 0.243 e. The van der Waals surface area contributed by atoms with Gasteiger partial charge in [0.05, 0.1) is 17.6 Å². The van der Waals surface area contributed by atoms with Crippen molar-refractivity contribution in [3.63, 3.8) is 0 Å². The van der Waals surface area contributed by atoms with Crippen LogP contribution >= 0.6 is 0 Å². The van der Waals surface area contributed by atoms with Crippen LogP contribution in [0.5, 0.6) is 0 Å². The third-order valence-corrected chi connectivity index (χ3v) is 5.37. The minimum absolute atomic E-state index is 0.00766. The van der Waals surface area contributed by atoms with Crippen molar-refractivity contribution in [3.8, 4) is 0 Å². The Labute approximate surface area is 168 Å². The van der Waals surface area contributed by atoms with Gasteiger partial charge in [-0.25, -0.2) is 4.98 Å². The molecule has 0 radical (unpaired) electrons. The average Bonchev–Trinajstić information content (AvgIpc) is 3.03. The molecule has 28 heavy (non-hydrogen) atoms. The number of hydrogen-bond donors (Lipinski definition) is 1. The van der Waals surface area contributed by atoms with Gasteiger partial charge in [0.1, 0.15) is 12.4 Å². The lowest BCUT2D eigenvalue weighted by Crippen LogP contribution is -2.46. The van der Waals surface area contributed by atoms with Gasteiger partial charge in [-0.15, -0.1) is 0 Å². The summed E-state index contributed by atoms with van der Waals surface area (Å²) in [6, 6.07) is 8.17. The number of nitrogens with zero attached hydrogens (tertiary/aromatic N) is 3. The van der Waals surface area contributed by atoms with Gasteiger partial charge in [-0.05, 0) is 45.2 Å². The summed E-state index contributed by atoms with van der Waals surface area (Å²) in [6.45, 7) is 10.9. The van der Waals surface area contributed by atoms with Crippen molar-refractivity contribution in [1.29, 1.82) is 0 Å². The number of nitrogens with one attached hydrogen (secondary N) is 1. The molecule has 2 unspecified atom stereocenters. The van der Waals surface area contributed by atoms with Crippen molar-refractivity contribution in [3.05, 3.63) is 30.1 Å². The summed E-state index contributed by atoms with van der Waals surface area (Å²) in [5.74, 6) is 0.813. The first kappa shape index (κ1) is 21.9. The number of aromatic nitrogens is 2. The molecule has 1 aromatic carbocycles. The number of para-hydroxylation sites is 2. The normalized spacial score (nSPS) is 13.3. The third-order valence-electron chi connectivity index (χ3n) is 5.37. The van der Waals surface area contributed by atoms with Crippen LogP contribution in [0.1, 0.15) is 66.1 Å². The summed E-state index contributed by atoms with van der Waals surface area (Å²) in [6.07, 6.45) is 3.13. The van der Waals surface area contributed by atoms with Crippen molar-refractivity contribution in [1.82, 2.24) is 19.8 Å². The maximum absolute atomic E-state index is 13.2. The second kappa shape index (κ2) is 10.2. The van der Waals surface area contributed by atoms with Crippen LogP contribution in [0, 0.1) is 0 Å². The number of imidazole rings is 1. The topological polar surface area (TPSA) is 67.2 Å². The fourth-order valence-corrected chi connectivity index (χ4v) is 3.47. The Morgan fingerprint density at radius 3 is 2.36 bits per heavy atom. The maximum atomic E-state index is 13.2. The average molecular weight is 387 g/mol. The van der Waals surface area contributed by atoms with Crippen LogP contribution in [0.4, 0.5) is 0 Å². The lowest BCUT2D eigenvalue weighted by molar-refractivity contribution is -0.136. The predicted octanol–water partition coefficient (Wildman–Crippen LogP) is 3.88. The predicted molar refractivity (Wildman–Crippen MR) is 113 cm³/mol. The number of rotatable bonds is 10. The first-order valence-corrected chi connectivity index (χ1v) is 10.4. The molecule has 1 N–H and O–H groups in total. The van der Waals surface area contributed by atoms with E-state index in [0.29, 0.717) is 18.8 Å². The first-order chi connectivity index (χ1) is 13.4. The van der Waals surface area contributed by atoms with Gasteiger partial charge in [0.2, 0.25) is 11.8 Å². The molecule has 0 bridgehead atoms. The second-order valence-electron chi connectivity index (χ2n) is 7.45. The van der Waals surface area contributed by atoms with Gasteiger partial charge < -0.3 is 14.8 Å². The summed E-state index contributed by atoms with van der Waals surface area (Å²) in [7, 11) is 0. The Bertz CT molecular complexity index is 789. The zero-order valence-corrected chi connectivity index (χ0v) is 17.9. The van der Waals surface area contributed by atoms with Crippen LogP contribution in [-0.4, -0.2) is 38.3 Å². The van der Waals surface area contributed by atoms with E-state index >= 15 is 0 Å². The Morgan fingerprint density at radius 1 is 1.11 bits per heavy atom. The molecule has 1 heterocycles. The molecule has 2 rings (SSSR count). The molecular weight excluding hydrogens is 352 g/mol. The van der Waals surface area contributed by atoms with Crippen LogP contribution in [0.15, 0.2) is 24.3 Å². The molecule has 2 amide bonds. The van der Waals surface area contributed by atoms with E-state index < -0.39 is 0 Å². The highest BCUT2D eigenvalue weighted by Gasteiger charge is 2.25. The minimum atomic E-state index is 0.00766. The number of hydrogen-bond acceptors (Lipinski definition) is 3. The molecule has 2 atom stereocenters. The SMILES string of the molecule is CCCC(=O)NCc1nc2ccccc2n1CC(=O)N(C(C)CC)C(C)CC. The Kier molecular flexibility index (Phi) is 8.03. The van der Waals surface area contributed by atoms with Gasteiger partial charge in [-0.1, -0.05) is 32.9 Å². The van der Waals surface area contributed by atoms with Gasteiger partial charge in [0.15, 0.2) is 0 Å². The number of benzene rings is 1. The summed E-state index contributed by atoms with van der Waals surface area (Å²) in [5, 5.41) is 2.92. The highest BCUT2D eigenvalue weighted by molar-refractivity contribution is 5.82. The maximum Gasteiger partial charge on any atom is 0.243 e. The molecule has 0 fully saturated rings. The molecule has 0 saturated heterocycles. The van der Waals surface area contributed by atoms with Gasteiger partial charge >= 0.3 is 0 Å². The van der Waals surface area contributed by atoms with Crippen molar-refractivity contribution >= 4 is 22.8 Å². The lowest BCUT2D eigenvalue weighted by Gasteiger charge is -2.34. The lowest BCUT2D eigenvalue weighted by atomic mass is 10.1. The van der Waals surface area contributed by atoms with Crippen LogP contribution < -0.4 is 5.32 Å². The number of carbonyl (C=O) groups is 2. The van der Waals surface area contributed by atoms with E-state index in [2.05, 4.69) is 38.0 Å². The monoisotopic (exact) mass is 386 g/mol. The van der Waals surface area contributed by atoms with E-state index in [4.69, 9.17) is 0 Å². The van der Waals surface area contributed by atoms with Crippen molar-refractivity contribution in [2.24, 2.45) is 0 Å². The quantitative estimate of drug-likeness (QED) is 0.674. The van der Waals surface area contributed by atoms with E-state index in [1.54, 1.807) is 0 Å². The molecule has 6 heteroatoms. The van der Waals surface area contributed by atoms with E-state index in [-0.39, 0.29) is 30.4 Å². The molecule has 0 spiro atoms. The van der Waals surface area contributed by atoms with E-state index in [1.165, 1.54) is 0 Å². The van der Waals surface area contributed by atoms with Crippen molar-refractivity contribution < 1.29 is 9.59 Å². The largest absolute Gasteiger partial charge is 0.349 e. The van der Waals surface area contributed by atoms with E-state index in [1.807, 2.05) is 40.7 Å². The fourth-order valence-electron chi connectivity index (χ4n) is 3.47. The highest BCUT2D eigenvalue weighted by atomic mass is 16.2. The summed E-state index contributed by atoms with van der Waals surface area (Å²) < 4.78 is 1.95. The summed E-state index contributed by atoms with van der Waals surface area (Å²) in [5.41, 5.74) is 1.76. The van der Waals surface area contributed by atoms with E-state index in [9.17, 15) is 9.59 Å². The molecular formula is C22H34N4O2. The minimum Gasteiger partial charge on any atom is -0.349 e. The van der Waals surface area contributed by atoms with Crippen LogP contribution in [-0.2, 0) is 22.7 Å². The van der Waals surface area contributed by atoms with Crippen LogP contribution in [0.25, 0.3) is 11.0 Å². The highest BCUT2D eigenvalue weighted by Crippen LogP contribution is 2.19. The van der Waals surface area contributed by atoms with Gasteiger partial charge in [0.25, 0.3) is 0 Å². The second-order valence-corrected chi connectivity index (χ2v) is 7.45. The van der Waals surface area contributed by atoms with Crippen molar-refractivity contribution in [2.75, 3.05) is 0 Å². The van der Waals surface area contributed by atoms with Gasteiger partial charge in [-0.2, -0.15) is 0 Å². The zero-order chi connectivity index (χ0) is 20.7. The van der Waals surface area contributed by atoms with E-state index in [0.717, 1.165) is 30.3 Å². The number of amides is 2. The first-order valence-electron chi connectivity index (χ1n) is 10.4. The third kappa shape index (κ3) is 5.12. The number of carbonyl (C=O) groups excluding carboxylic acids is 2. The molecule has 2 aromatic rings. The summed E-state index contributed by atoms with van der Waals surface area (Å²) >= 11 is 0. The van der Waals surface area contributed by atoms with Gasteiger partial charge in [0, 0.05) is 18.5 Å². The molecule has 0 saturated carbocycles. The molecule has 0 aliphatic rings. The zero-order valence-electron chi connectivity index (χ0n) is 17.9. The van der Waals surface area contributed by atoms with Gasteiger partial charge in [-0.3, -0.25) is 9.59 Å². The van der Waals surface area contributed by atoms with Crippen LogP contribution in [0.3, 0.4) is 0 Å².